The van der Waals surface area contributed by atoms with Gasteiger partial charge in [0.05, 0.1) is 17.2 Å². The summed E-state index contributed by atoms with van der Waals surface area (Å²) >= 11 is 0. The van der Waals surface area contributed by atoms with E-state index in [1.165, 1.54) is 5.56 Å². The molecule has 0 amide bonds. The number of hydrogen-bond donors (Lipinski definition) is 1. The number of rotatable bonds is 5. The maximum absolute atomic E-state index is 13.3. The van der Waals surface area contributed by atoms with E-state index >= 15 is 0 Å². The number of nitrogens with one attached hydrogen (secondary N) is 1. The first-order valence-corrected chi connectivity index (χ1v) is 13.4. The Kier molecular flexibility index (Phi) is 5.59. The SMILES string of the molecule is CCOc1ccc(S(=O)(=O)Nc2cc3c4c(oc3c3ccccc23)CC[C@@H](C(C)(C)C)C4)cc1. The molecule has 1 aliphatic carbocycles. The van der Waals surface area contributed by atoms with Crippen molar-refractivity contribution in [1.29, 1.82) is 0 Å². The highest BCUT2D eigenvalue weighted by Crippen LogP contribution is 2.44. The van der Waals surface area contributed by atoms with Gasteiger partial charge in [-0.05, 0) is 61.4 Å². The number of anilines is 1. The Labute approximate surface area is 201 Å². The van der Waals surface area contributed by atoms with Crippen molar-refractivity contribution >= 4 is 37.5 Å². The van der Waals surface area contributed by atoms with Gasteiger partial charge in [-0.3, -0.25) is 4.72 Å². The van der Waals surface area contributed by atoms with Crippen LogP contribution in [0.2, 0.25) is 0 Å². The summed E-state index contributed by atoms with van der Waals surface area (Å²) in [5, 5.41) is 2.75. The van der Waals surface area contributed by atoms with Crippen molar-refractivity contribution in [1.82, 2.24) is 0 Å². The summed E-state index contributed by atoms with van der Waals surface area (Å²) < 4.78 is 41.2. The van der Waals surface area contributed by atoms with Gasteiger partial charge >= 0.3 is 0 Å². The average molecular weight is 478 g/mol. The molecule has 1 N–H and O–H groups in total. The normalized spacial score (nSPS) is 16.5. The fourth-order valence-corrected chi connectivity index (χ4v) is 6.08. The van der Waals surface area contributed by atoms with Crippen molar-refractivity contribution in [3.05, 3.63) is 65.9 Å². The van der Waals surface area contributed by atoms with Gasteiger partial charge in [0, 0.05) is 28.1 Å². The van der Waals surface area contributed by atoms with Crippen LogP contribution in [0.3, 0.4) is 0 Å². The molecule has 3 aromatic carbocycles. The smallest absolute Gasteiger partial charge is 0.261 e. The largest absolute Gasteiger partial charge is 0.494 e. The maximum Gasteiger partial charge on any atom is 0.261 e. The zero-order chi connectivity index (χ0) is 24.1. The fourth-order valence-electron chi connectivity index (χ4n) is 5.01. The first kappa shape index (κ1) is 22.8. The summed E-state index contributed by atoms with van der Waals surface area (Å²) in [6.07, 6.45) is 2.95. The zero-order valence-electron chi connectivity index (χ0n) is 20.1. The third-order valence-electron chi connectivity index (χ3n) is 6.97. The van der Waals surface area contributed by atoms with Crippen molar-refractivity contribution in [2.24, 2.45) is 11.3 Å². The number of aryl methyl sites for hydroxylation is 1. The van der Waals surface area contributed by atoms with E-state index in [1.807, 2.05) is 37.3 Å². The van der Waals surface area contributed by atoms with E-state index in [2.05, 4.69) is 25.5 Å². The van der Waals surface area contributed by atoms with Crippen molar-refractivity contribution < 1.29 is 17.6 Å². The molecule has 0 radical (unpaired) electrons. The summed E-state index contributed by atoms with van der Waals surface area (Å²) in [4.78, 5) is 0.196. The van der Waals surface area contributed by atoms with Crippen molar-refractivity contribution in [3.8, 4) is 5.75 Å². The molecule has 178 valence electrons. The molecule has 5 rings (SSSR count). The highest BCUT2D eigenvalue weighted by molar-refractivity contribution is 7.92. The van der Waals surface area contributed by atoms with E-state index in [0.717, 1.165) is 46.8 Å². The Balaban J connectivity index is 1.61. The van der Waals surface area contributed by atoms with Crippen molar-refractivity contribution in [2.75, 3.05) is 11.3 Å². The Hall–Kier alpha value is -2.99. The van der Waals surface area contributed by atoms with E-state index in [9.17, 15) is 8.42 Å². The van der Waals surface area contributed by atoms with Crippen LogP contribution in [0.25, 0.3) is 21.7 Å². The Bertz CT molecular complexity index is 1460. The van der Waals surface area contributed by atoms with Crippen LogP contribution in [0.4, 0.5) is 5.69 Å². The molecule has 0 saturated heterocycles. The number of benzene rings is 3. The molecular weight excluding hydrogens is 446 g/mol. The average Bonchev–Trinajstić information content (AvgIpc) is 3.17. The highest BCUT2D eigenvalue weighted by Gasteiger charge is 2.32. The van der Waals surface area contributed by atoms with Gasteiger partial charge in [0.1, 0.15) is 17.1 Å². The second-order valence-electron chi connectivity index (χ2n) is 10.2. The minimum atomic E-state index is -3.78. The summed E-state index contributed by atoms with van der Waals surface area (Å²) in [5.41, 5.74) is 2.84. The summed E-state index contributed by atoms with van der Waals surface area (Å²) in [5.74, 6) is 2.23. The predicted molar refractivity (Wildman–Crippen MR) is 137 cm³/mol. The monoisotopic (exact) mass is 477 g/mol. The van der Waals surface area contributed by atoms with Gasteiger partial charge in [-0.2, -0.15) is 0 Å². The molecule has 1 heterocycles. The van der Waals surface area contributed by atoms with Crippen LogP contribution in [0.1, 0.15) is 45.4 Å². The number of furan rings is 1. The van der Waals surface area contributed by atoms with Crippen LogP contribution >= 0.6 is 0 Å². The van der Waals surface area contributed by atoms with Crippen LogP contribution in [-0.2, 0) is 22.9 Å². The van der Waals surface area contributed by atoms with Gasteiger partial charge in [0.25, 0.3) is 10.0 Å². The molecule has 1 atom stereocenters. The molecule has 0 bridgehead atoms. The number of ether oxygens (including phenoxy) is 1. The number of fused-ring (bicyclic) bond motifs is 5. The van der Waals surface area contributed by atoms with E-state index in [4.69, 9.17) is 9.15 Å². The van der Waals surface area contributed by atoms with Crippen molar-refractivity contribution in [2.45, 2.75) is 51.9 Å². The summed E-state index contributed by atoms with van der Waals surface area (Å²) in [7, 11) is -3.78. The molecule has 1 aromatic heterocycles. The Morgan fingerprint density at radius 3 is 2.41 bits per heavy atom. The topological polar surface area (TPSA) is 68.5 Å². The van der Waals surface area contributed by atoms with Gasteiger partial charge in [-0.1, -0.05) is 45.0 Å². The maximum atomic E-state index is 13.3. The molecule has 0 saturated carbocycles. The lowest BCUT2D eigenvalue weighted by Gasteiger charge is -2.33. The number of sulfonamides is 1. The van der Waals surface area contributed by atoms with Crippen LogP contribution in [0, 0.1) is 11.3 Å². The van der Waals surface area contributed by atoms with Gasteiger partial charge in [0.2, 0.25) is 0 Å². The van der Waals surface area contributed by atoms with Crippen molar-refractivity contribution in [3.63, 3.8) is 0 Å². The van der Waals surface area contributed by atoms with E-state index in [1.54, 1.807) is 24.3 Å². The summed E-state index contributed by atoms with van der Waals surface area (Å²) in [6.45, 7) is 9.29. The van der Waals surface area contributed by atoms with E-state index < -0.39 is 10.0 Å². The van der Waals surface area contributed by atoms with Crippen LogP contribution in [0.15, 0.2) is 63.9 Å². The van der Waals surface area contributed by atoms with Gasteiger partial charge in [0.15, 0.2) is 0 Å². The Morgan fingerprint density at radius 1 is 1.03 bits per heavy atom. The Morgan fingerprint density at radius 2 is 1.74 bits per heavy atom. The highest BCUT2D eigenvalue weighted by atomic mass is 32.2. The van der Waals surface area contributed by atoms with Crippen LogP contribution < -0.4 is 9.46 Å². The molecule has 6 heteroatoms. The lowest BCUT2D eigenvalue weighted by molar-refractivity contribution is 0.210. The molecular formula is C28H31NO4S. The second-order valence-corrected chi connectivity index (χ2v) is 11.8. The molecule has 1 aliphatic rings. The van der Waals surface area contributed by atoms with E-state index in [-0.39, 0.29) is 10.3 Å². The molecule has 34 heavy (non-hydrogen) atoms. The number of hydrogen-bond acceptors (Lipinski definition) is 4. The van der Waals surface area contributed by atoms with E-state index in [0.29, 0.717) is 24.0 Å². The third kappa shape index (κ3) is 4.05. The lowest BCUT2D eigenvalue weighted by Crippen LogP contribution is -2.26. The molecule has 0 spiro atoms. The standard InChI is InChI=1S/C28H31NO4S/c1-5-32-19-11-13-20(14-12-19)34(30,31)29-25-17-24-23-16-18(28(2,3)4)10-15-26(23)33-27(24)22-9-7-6-8-21(22)25/h6-9,11-14,17-18,29H,5,10,15-16H2,1-4H3/t18-/m1/s1. The molecule has 0 aliphatic heterocycles. The quantitative estimate of drug-likeness (QED) is 0.338. The fraction of sp³-hybridized carbons (Fsp3) is 0.357. The van der Waals surface area contributed by atoms with Crippen LogP contribution in [-0.4, -0.2) is 15.0 Å². The first-order chi connectivity index (χ1) is 16.2. The second kappa shape index (κ2) is 8.35. The third-order valence-corrected chi connectivity index (χ3v) is 8.35. The molecule has 0 unspecified atom stereocenters. The predicted octanol–water partition coefficient (Wildman–Crippen LogP) is 6.94. The molecule has 4 aromatic rings. The minimum Gasteiger partial charge on any atom is -0.494 e. The van der Waals surface area contributed by atoms with Gasteiger partial charge < -0.3 is 9.15 Å². The minimum absolute atomic E-state index is 0.196. The lowest BCUT2D eigenvalue weighted by atomic mass is 9.71. The van der Waals surface area contributed by atoms with Gasteiger partial charge in [-0.25, -0.2) is 8.42 Å². The molecule has 0 fully saturated rings. The first-order valence-electron chi connectivity index (χ1n) is 11.9. The zero-order valence-corrected chi connectivity index (χ0v) is 21.0. The molecule has 5 nitrogen and oxygen atoms in total. The summed E-state index contributed by atoms with van der Waals surface area (Å²) in [6, 6.07) is 16.3. The van der Waals surface area contributed by atoms with Gasteiger partial charge in [-0.15, -0.1) is 0 Å². The van der Waals surface area contributed by atoms with Crippen LogP contribution in [0.5, 0.6) is 5.75 Å².